The van der Waals surface area contributed by atoms with E-state index < -0.39 is 24.0 Å². The van der Waals surface area contributed by atoms with Gasteiger partial charge in [-0.3, -0.25) is 23.5 Å². The van der Waals surface area contributed by atoms with Crippen molar-refractivity contribution in [3.8, 4) is 40.2 Å². The molecule has 0 amide bonds. The zero-order valence-corrected chi connectivity index (χ0v) is 89.5. The second kappa shape index (κ2) is 72.3. The van der Waals surface area contributed by atoms with E-state index in [1.54, 1.807) is 59.3 Å². The molecule has 10 atom stereocenters. The number of aromatic nitrogens is 3. The quantitative estimate of drug-likeness (QED) is 0.0147. The van der Waals surface area contributed by atoms with Gasteiger partial charge >= 0.3 is 17.6 Å². The number of nitrogens with two attached hydrogens (primary N) is 10. The predicted molar refractivity (Wildman–Crippen MR) is 593 cm³/mol. The molecule has 2 aromatic heterocycles. The molecule has 0 saturated heterocycles. The molecule has 0 bridgehead atoms. The number of aliphatic carboxylic acids is 2. The summed E-state index contributed by atoms with van der Waals surface area (Å²) in [7, 11) is 4.72. The van der Waals surface area contributed by atoms with Crippen LogP contribution in [0.15, 0.2) is 191 Å². The fourth-order valence-electron chi connectivity index (χ4n) is 13.6. The second-order valence-corrected chi connectivity index (χ2v) is 34.9. The normalized spacial score (nSPS) is 13.3. The summed E-state index contributed by atoms with van der Waals surface area (Å²) < 4.78 is 19.7. The molecular formula is C104H167N13O13S6. The number of thiazole rings is 1. The molecule has 0 spiro atoms. The lowest BCUT2D eigenvalue weighted by Crippen LogP contribution is -2.39. The Kier molecular flexibility index (Phi) is 70.8. The van der Waals surface area contributed by atoms with Crippen LogP contribution < -0.4 is 82.8 Å². The van der Waals surface area contributed by atoms with E-state index in [-0.39, 0.29) is 156 Å². The van der Waals surface area contributed by atoms with Crippen molar-refractivity contribution >= 4 is 101 Å². The molecular weight excluding hydrogens is 1830 g/mol. The number of phenolic OH excluding ortho intramolecular Hbond substituents is 4. The molecule has 2 aliphatic rings. The fourth-order valence-corrected chi connectivity index (χ4v) is 14.8. The Bertz CT molecular complexity index is 5080. The highest BCUT2D eigenvalue weighted by Gasteiger charge is 2.19. The molecule has 26 nitrogen and oxygen atoms in total. The number of nitrogens with zero attached hydrogens (tertiary/aromatic N) is 3. The van der Waals surface area contributed by atoms with E-state index in [0.29, 0.717) is 60.9 Å². The van der Waals surface area contributed by atoms with Gasteiger partial charge in [-0.15, -0.1) is 11.3 Å². The van der Waals surface area contributed by atoms with Gasteiger partial charge in [0, 0.05) is 87.0 Å². The predicted octanol–water partition coefficient (Wildman–Crippen LogP) is 15.1. The minimum Gasteiger partial charge on any atom is -0.504 e. The summed E-state index contributed by atoms with van der Waals surface area (Å²) in [6.45, 7) is 32.8. The van der Waals surface area contributed by atoms with Crippen molar-refractivity contribution in [3.05, 3.63) is 280 Å². The first-order valence-electron chi connectivity index (χ1n) is 45.3. The molecule has 6 unspecified atom stereocenters. The first-order valence-corrected chi connectivity index (χ1v) is 46.1. The maximum atomic E-state index is 11.4. The summed E-state index contributed by atoms with van der Waals surface area (Å²) in [4.78, 5) is 47.9. The molecule has 0 saturated carbocycles. The van der Waals surface area contributed by atoms with Gasteiger partial charge in [0.05, 0.1) is 36.1 Å². The summed E-state index contributed by atoms with van der Waals surface area (Å²) in [6.07, 6.45) is 29.1. The van der Waals surface area contributed by atoms with E-state index >= 15 is 0 Å². The zero-order chi connectivity index (χ0) is 98.7. The van der Waals surface area contributed by atoms with E-state index in [0.717, 1.165) is 119 Å². The van der Waals surface area contributed by atoms with E-state index in [2.05, 4.69) is 100 Å². The minimum atomic E-state index is -0.998. The van der Waals surface area contributed by atoms with Crippen molar-refractivity contribution in [1.82, 2.24) is 14.1 Å². The number of carbonyl (C=O) groups is 2. The topological polar surface area (TPSA) is 500 Å². The molecule has 2 heterocycles. The number of fused-ring (bicyclic) bond motifs is 1. The van der Waals surface area contributed by atoms with E-state index in [9.17, 15) is 39.6 Å². The molecule has 0 radical (unpaired) electrons. The summed E-state index contributed by atoms with van der Waals surface area (Å²) in [5.41, 5.74) is 72.2. The van der Waals surface area contributed by atoms with Gasteiger partial charge in [0.2, 0.25) is 0 Å². The Morgan fingerprint density at radius 1 is 0.463 bits per heavy atom. The van der Waals surface area contributed by atoms with Crippen molar-refractivity contribution in [2.75, 3.05) is 20.8 Å². The first kappa shape index (κ1) is 133. The van der Waals surface area contributed by atoms with Gasteiger partial charge in [0.25, 0.3) is 5.56 Å². The van der Waals surface area contributed by atoms with Crippen LogP contribution in [0.25, 0.3) is 10.2 Å². The lowest BCUT2D eigenvalue weighted by Gasteiger charge is -2.13. The van der Waals surface area contributed by atoms with Crippen LogP contribution >= 0.6 is 78.8 Å². The number of hydrogen-bond acceptors (Lipinski definition) is 23. The number of phenols is 4. The van der Waals surface area contributed by atoms with Crippen LogP contribution in [-0.2, 0) is 93.8 Å². The number of carboxylic acids is 2. The van der Waals surface area contributed by atoms with E-state index in [4.69, 9.17) is 81.8 Å². The highest BCUT2D eigenvalue weighted by molar-refractivity contribution is 7.60. The van der Waals surface area contributed by atoms with Crippen LogP contribution in [0.4, 0.5) is 0 Å². The summed E-state index contributed by atoms with van der Waals surface area (Å²) in [5, 5.41) is 56.1. The SMILES string of the molecule is CC(N)CC1=CCC=C1.CC(N)Cc1nc2ccccc2s1.CCOc1ccccc1CC(C)N.CCc1ccc(CC(C)N)cc1CC.CCc1ccc(CC(N)C(=O)O)c(OC)c1.CCc1ccc(OC)c(CC(C)N)c1.C[C@@H](N)Cn1ccc(=O)n(C)c1=O.Cc1cc(C[C@@H](C)N)c(C)c(O)c1O.Cc1cc(C[C@@H](C)N)cc(O)c1O.N[C@@H](CC1C=CCC=C1)C(=O)O.S.S.S.S.S. The minimum absolute atomic E-state index is 0. The van der Waals surface area contributed by atoms with Gasteiger partial charge < -0.3 is 102 Å². The number of carboxylic acid groups (broad SMARTS) is 2. The van der Waals surface area contributed by atoms with Crippen LogP contribution in [0, 0.1) is 26.7 Å². The molecule has 7 aromatic carbocycles. The Hall–Kier alpha value is -9.04. The van der Waals surface area contributed by atoms with Crippen molar-refractivity contribution in [2.45, 2.75) is 274 Å². The van der Waals surface area contributed by atoms with Gasteiger partial charge in [0.1, 0.15) is 29.3 Å². The molecule has 0 aliphatic heterocycles. The Labute approximate surface area is 848 Å². The molecule has 2 aliphatic carbocycles. The van der Waals surface area contributed by atoms with Crippen LogP contribution in [0.2, 0.25) is 0 Å². The summed E-state index contributed by atoms with van der Waals surface area (Å²) >= 11 is 1.73. The zero-order valence-electron chi connectivity index (χ0n) is 83.7. The van der Waals surface area contributed by atoms with Gasteiger partial charge in [-0.05, 0) is 281 Å². The second-order valence-electron chi connectivity index (χ2n) is 33.8. The van der Waals surface area contributed by atoms with Gasteiger partial charge in [-0.1, -0.05) is 161 Å². The molecule has 9 aromatic rings. The van der Waals surface area contributed by atoms with E-state index in [1.807, 2.05) is 146 Å². The fraction of sp³-hybridized carbons (Fsp3) is 0.452. The number of para-hydroxylation sites is 2. The Balaban J connectivity index is -0.000000710. The number of rotatable bonds is 30. The lowest BCUT2D eigenvalue weighted by atomic mass is 9.96. The largest absolute Gasteiger partial charge is 0.504 e. The van der Waals surface area contributed by atoms with Crippen LogP contribution in [0.5, 0.6) is 40.2 Å². The van der Waals surface area contributed by atoms with Gasteiger partial charge in [-0.25, -0.2) is 9.78 Å². The number of aromatic hydroxyl groups is 4. The van der Waals surface area contributed by atoms with Gasteiger partial charge in [0.15, 0.2) is 23.0 Å². The average molecular weight is 2000 g/mol. The standard InChI is InChI=1S/C13H21N.C12H17NO3.C12H19NO.C11H17NO2.C11H17NO.C10H12N2S.C10H15NO2.C9H13NO2.C8H13N3O2.C8H13N.5H2S/c1-4-12-7-6-11(8-10(3)14)9-13(12)5-2;1-3-8-4-5-9(11(6-8)16-2)7-10(13)12(14)15;1-4-10-5-6-12(14-3)11(8-10)7-9(2)13;1-6-4-9(5-7(2)12)8(3)11(14)10(6)13;1-3-13-11-7-5-4-6-10(11)8-9(2)12;1-7(11)6-10-12-8-4-2-3-5-9(8)13-10;1-6-3-8(4-7(2)11)5-9(12)10(6)13;10-8(9(11)12)6-7-4-2-1-3-5-7;1-6(9)5-11-4-3-7(12)10(2)8(11)13;1-7(9)6-8-4-2-3-5-8;;;;;/h6-7,9-10H,4-5,8,14H2,1-3H3;4-6,10H,3,7,13H2,1-2H3,(H,14,15);5-6,8-9H,4,7,13H2,1-3H3;4,7,13-14H,5,12H2,1-3H3;4-7,9H,3,8,12H2,1-2H3;2-5,7H,6,11H2,1H3;3,5,7,12-13H,4,11H2,1-2H3;2-5,7-8H,1,6,10H2,(H,11,12);3-4,6H,5,9H2,1-2H3;2,4-5,7H,3,6,9H2,1H3;5*1H2/t;;;7-;;;7-;8-;6-;;;;;;/m...1..101....../s1. The molecule has 11 rings (SSSR count). The highest BCUT2D eigenvalue weighted by atomic mass is 32.1. The smallest absolute Gasteiger partial charge is 0.330 e. The number of methoxy groups -OCH3 is 2. The summed E-state index contributed by atoms with van der Waals surface area (Å²) in [6, 6.07) is 41.2. The van der Waals surface area contributed by atoms with Crippen LogP contribution in [-0.4, -0.2) is 138 Å². The van der Waals surface area contributed by atoms with Gasteiger partial charge in [-0.2, -0.15) is 67.5 Å². The molecule has 136 heavy (non-hydrogen) atoms. The first-order chi connectivity index (χ1) is 61.8. The third kappa shape index (κ3) is 52.7. The monoisotopic (exact) mass is 2000 g/mol. The number of ether oxygens (including phenoxy) is 3. The molecule has 0 fully saturated rings. The van der Waals surface area contributed by atoms with Crippen molar-refractivity contribution < 1.29 is 54.4 Å². The van der Waals surface area contributed by atoms with Crippen molar-refractivity contribution in [2.24, 2.45) is 70.3 Å². The maximum Gasteiger partial charge on any atom is 0.330 e. The Morgan fingerprint density at radius 2 is 0.956 bits per heavy atom. The van der Waals surface area contributed by atoms with Crippen molar-refractivity contribution in [1.29, 1.82) is 0 Å². The van der Waals surface area contributed by atoms with Crippen LogP contribution in [0.3, 0.4) is 0 Å². The maximum absolute atomic E-state index is 11.4. The molecule has 32 heteroatoms. The number of hydrogen-bond donors (Lipinski definition) is 16. The third-order valence-corrected chi connectivity index (χ3v) is 21.4. The number of allylic oxidation sites excluding steroid dienone is 7. The average Bonchev–Trinajstić information content (AvgIpc) is 0.982. The highest BCUT2D eigenvalue weighted by Crippen LogP contribution is 2.35. The number of benzene rings is 7. The van der Waals surface area contributed by atoms with E-state index in [1.165, 1.54) is 67.5 Å². The molecule has 762 valence electrons. The lowest BCUT2D eigenvalue weighted by molar-refractivity contribution is -0.139. The third-order valence-electron chi connectivity index (χ3n) is 20.3. The summed E-state index contributed by atoms with van der Waals surface area (Å²) in [5.74, 6) is 0.701. The number of aryl methyl sites for hydroxylation is 6. The van der Waals surface area contributed by atoms with Crippen LogP contribution in [0.1, 0.15) is 193 Å². The van der Waals surface area contributed by atoms with Crippen molar-refractivity contribution in [3.63, 3.8) is 0 Å². The molecule has 26 N–H and O–H groups in total. The Morgan fingerprint density at radius 3 is 1.46 bits per heavy atom.